The first-order valence-electron chi connectivity index (χ1n) is 5.52. The predicted molar refractivity (Wildman–Crippen MR) is 68.0 cm³/mol. The van der Waals surface area contributed by atoms with Crippen molar-refractivity contribution in [3.05, 3.63) is 47.9 Å². The van der Waals surface area contributed by atoms with Gasteiger partial charge in [-0.25, -0.2) is 14.4 Å². The van der Waals surface area contributed by atoms with E-state index < -0.39 is 0 Å². The fourth-order valence-electron chi connectivity index (χ4n) is 1.96. The molecule has 0 saturated heterocycles. The second-order valence-electron chi connectivity index (χ2n) is 4.08. The van der Waals surface area contributed by atoms with E-state index in [0.29, 0.717) is 11.6 Å². The molecule has 90 valence electrons. The summed E-state index contributed by atoms with van der Waals surface area (Å²) in [6.45, 7) is 1.95. The Kier molecular flexibility index (Phi) is 2.26. The average Bonchev–Trinajstić information content (AvgIpc) is 2.69. The van der Waals surface area contributed by atoms with E-state index in [9.17, 15) is 4.39 Å². The summed E-state index contributed by atoms with van der Waals surface area (Å²) in [4.78, 5) is 8.58. The number of hydrogen-bond donors (Lipinski definition) is 1. The van der Waals surface area contributed by atoms with Gasteiger partial charge in [-0.05, 0) is 42.8 Å². The molecular weight excluding hydrogens is 231 g/mol. The Morgan fingerprint density at radius 3 is 2.61 bits per heavy atom. The summed E-state index contributed by atoms with van der Waals surface area (Å²) in [5.74, 6) is 0.0595. The van der Waals surface area contributed by atoms with Gasteiger partial charge in [-0.3, -0.25) is 4.57 Å². The third-order valence-corrected chi connectivity index (χ3v) is 2.86. The second kappa shape index (κ2) is 3.80. The molecule has 0 unspecified atom stereocenters. The summed E-state index contributed by atoms with van der Waals surface area (Å²) in [6.07, 6.45) is 1.71. The molecule has 0 atom stereocenters. The van der Waals surface area contributed by atoms with Crippen LogP contribution in [0.1, 0.15) is 5.56 Å². The minimum atomic E-state index is -0.286. The van der Waals surface area contributed by atoms with Crippen molar-refractivity contribution >= 4 is 17.1 Å². The zero-order valence-corrected chi connectivity index (χ0v) is 9.76. The quantitative estimate of drug-likeness (QED) is 0.713. The van der Waals surface area contributed by atoms with Crippen molar-refractivity contribution < 1.29 is 4.39 Å². The Morgan fingerprint density at radius 2 is 1.89 bits per heavy atom. The Morgan fingerprint density at radius 1 is 1.17 bits per heavy atom. The molecule has 0 saturated carbocycles. The van der Waals surface area contributed by atoms with Gasteiger partial charge in [-0.1, -0.05) is 0 Å². The predicted octanol–water partition coefficient (Wildman–Crippen LogP) is 2.45. The van der Waals surface area contributed by atoms with Gasteiger partial charge in [0, 0.05) is 6.20 Å². The number of nitrogens with zero attached hydrogens (tertiary/aromatic N) is 3. The molecule has 0 aliphatic heterocycles. The lowest BCUT2D eigenvalue weighted by molar-refractivity contribution is 0.627. The van der Waals surface area contributed by atoms with Crippen molar-refractivity contribution in [3.63, 3.8) is 0 Å². The zero-order valence-electron chi connectivity index (χ0n) is 9.76. The first-order valence-corrected chi connectivity index (χ1v) is 5.52. The molecule has 2 N–H and O–H groups in total. The maximum Gasteiger partial charge on any atom is 0.207 e. The van der Waals surface area contributed by atoms with Crippen LogP contribution in [0, 0.1) is 12.7 Å². The first kappa shape index (κ1) is 10.7. The number of nitrogens with two attached hydrogens (primary N) is 1. The Hall–Kier alpha value is -2.43. The van der Waals surface area contributed by atoms with Crippen molar-refractivity contribution in [2.45, 2.75) is 6.92 Å². The van der Waals surface area contributed by atoms with E-state index in [1.165, 1.54) is 12.1 Å². The highest BCUT2D eigenvalue weighted by Crippen LogP contribution is 2.23. The maximum atomic E-state index is 12.9. The van der Waals surface area contributed by atoms with Crippen LogP contribution in [0.2, 0.25) is 0 Å². The van der Waals surface area contributed by atoms with E-state index >= 15 is 0 Å². The zero-order chi connectivity index (χ0) is 12.7. The third kappa shape index (κ3) is 1.52. The molecule has 18 heavy (non-hydrogen) atoms. The largest absolute Gasteiger partial charge is 0.369 e. The molecule has 0 aliphatic carbocycles. The van der Waals surface area contributed by atoms with E-state index in [1.54, 1.807) is 22.9 Å². The molecule has 0 spiro atoms. The smallest absolute Gasteiger partial charge is 0.207 e. The number of anilines is 1. The molecule has 3 aromatic rings. The van der Waals surface area contributed by atoms with Gasteiger partial charge in [0.05, 0.1) is 5.69 Å². The second-order valence-corrected chi connectivity index (χ2v) is 4.08. The van der Waals surface area contributed by atoms with Gasteiger partial charge in [0.25, 0.3) is 0 Å². The van der Waals surface area contributed by atoms with Crippen molar-refractivity contribution in [1.82, 2.24) is 14.5 Å². The van der Waals surface area contributed by atoms with E-state index in [1.807, 2.05) is 13.0 Å². The fourth-order valence-corrected chi connectivity index (χ4v) is 1.96. The monoisotopic (exact) mass is 242 g/mol. The highest BCUT2D eigenvalue weighted by atomic mass is 19.1. The number of hydrogen-bond acceptors (Lipinski definition) is 3. The Balaban J connectivity index is 2.32. The van der Waals surface area contributed by atoms with Gasteiger partial charge in [0.1, 0.15) is 11.3 Å². The normalized spacial score (nSPS) is 11.0. The number of pyridine rings is 1. The van der Waals surface area contributed by atoms with Crippen LogP contribution in [-0.2, 0) is 0 Å². The van der Waals surface area contributed by atoms with Crippen molar-refractivity contribution in [2.24, 2.45) is 0 Å². The number of aryl methyl sites for hydroxylation is 1. The number of imidazole rings is 1. The molecule has 5 heteroatoms. The molecule has 1 aromatic carbocycles. The van der Waals surface area contributed by atoms with Crippen LogP contribution in [0.15, 0.2) is 36.5 Å². The maximum absolute atomic E-state index is 12.9. The van der Waals surface area contributed by atoms with Crippen LogP contribution >= 0.6 is 0 Å². The number of aromatic nitrogens is 3. The molecule has 4 nitrogen and oxygen atoms in total. The van der Waals surface area contributed by atoms with E-state index in [4.69, 9.17) is 5.73 Å². The topological polar surface area (TPSA) is 56.7 Å². The highest BCUT2D eigenvalue weighted by molar-refractivity contribution is 5.79. The van der Waals surface area contributed by atoms with Crippen LogP contribution in [0.4, 0.5) is 10.3 Å². The van der Waals surface area contributed by atoms with Crippen LogP contribution in [0.3, 0.4) is 0 Å². The summed E-state index contributed by atoms with van der Waals surface area (Å²) in [5.41, 5.74) is 9.11. The standard InChI is InChI=1S/C13H11FN4/c1-8-6-7-16-12-11(8)17-13(15)18(12)10-4-2-9(14)3-5-10/h2-7H,1H3,(H2,15,17). The fraction of sp³-hybridized carbons (Fsp3) is 0.0769. The molecule has 3 rings (SSSR count). The van der Waals surface area contributed by atoms with Crippen LogP contribution in [0.5, 0.6) is 0 Å². The average molecular weight is 242 g/mol. The molecular formula is C13H11FN4. The van der Waals surface area contributed by atoms with E-state index in [0.717, 1.165) is 16.8 Å². The number of nitrogen functional groups attached to an aromatic ring is 1. The highest BCUT2D eigenvalue weighted by Gasteiger charge is 2.12. The SMILES string of the molecule is Cc1ccnc2c1nc(N)n2-c1ccc(F)cc1. The van der Waals surface area contributed by atoms with E-state index in [-0.39, 0.29) is 5.82 Å². The first-order chi connectivity index (χ1) is 8.66. The molecule has 0 amide bonds. The molecule has 0 aliphatic rings. The lowest BCUT2D eigenvalue weighted by Crippen LogP contribution is -2.01. The third-order valence-electron chi connectivity index (χ3n) is 2.86. The number of rotatable bonds is 1. The Labute approximate surface area is 103 Å². The molecule has 2 aromatic heterocycles. The summed E-state index contributed by atoms with van der Waals surface area (Å²) >= 11 is 0. The molecule has 0 radical (unpaired) electrons. The lowest BCUT2D eigenvalue weighted by atomic mass is 10.2. The summed E-state index contributed by atoms with van der Waals surface area (Å²) in [7, 11) is 0. The number of benzene rings is 1. The van der Waals surface area contributed by atoms with Gasteiger partial charge in [-0.15, -0.1) is 0 Å². The lowest BCUT2D eigenvalue weighted by Gasteiger charge is -2.05. The minimum Gasteiger partial charge on any atom is -0.369 e. The molecule has 0 bridgehead atoms. The Bertz CT molecular complexity index is 716. The number of halogens is 1. The van der Waals surface area contributed by atoms with Crippen molar-refractivity contribution in [2.75, 3.05) is 5.73 Å². The van der Waals surface area contributed by atoms with Gasteiger partial charge >= 0.3 is 0 Å². The molecule has 2 heterocycles. The van der Waals surface area contributed by atoms with Crippen LogP contribution in [-0.4, -0.2) is 14.5 Å². The van der Waals surface area contributed by atoms with Gasteiger partial charge < -0.3 is 5.73 Å². The summed E-state index contributed by atoms with van der Waals surface area (Å²) in [6, 6.07) is 7.95. The van der Waals surface area contributed by atoms with Gasteiger partial charge in [-0.2, -0.15) is 0 Å². The van der Waals surface area contributed by atoms with Crippen LogP contribution in [0.25, 0.3) is 16.9 Å². The van der Waals surface area contributed by atoms with Crippen LogP contribution < -0.4 is 5.73 Å². The van der Waals surface area contributed by atoms with Crippen molar-refractivity contribution in [3.8, 4) is 5.69 Å². The number of fused-ring (bicyclic) bond motifs is 1. The van der Waals surface area contributed by atoms with E-state index in [2.05, 4.69) is 9.97 Å². The summed E-state index contributed by atoms with van der Waals surface area (Å²) in [5, 5.41) is 0. The van der Waals surface area contributed by atoms with Crippen molar-refractivity contribution in [1.29, 1.82) is 0 Å². The van der Waals surface area contributed by atoms with Gasteiger partial charge in [0.2, 0.25) is 5.95 Å². The minimum absolute atomic E-state index is 0.286. The molecule has 0 fully saturated rings. The van der Waals surface area contributed by atoms with Gasteiger partial charge in [0.15, 0.2) is 5.65 Å². The summed E-state index contributed by atoms with van der Waals surface area (Å²) < 4.78 is 14.6.